The van der Waals surface area contributed by atoms with Crippen molar-refractivity contribution in [2.45, 2.75) is 25.9 Å². The van der Waals surface area contributed by atoms with Crippen molar-refractivity contribution >= 4 is 0 Å². The van der Waals surface area contributed by atoms with Crippen molar-refractivity contribution in [1.29, 1.82) is 0 Å². The Balaban J connectivity index is 2.26. The molecule has 0 bridgehead atoms. The zero-order chi connectivity index (χ0) is 10.9. The summed E-state index contributed by atoms with van der Waals surface area (Å²) in [6.45, 7) is 4.50. The van der Waals surface area contributed by atoms with Gasteiger partial charge in [-0.1, -0.05) is 5.16 Å². The van der Waals surface area contributed by atoms with Gasteiger partial charge in [0.1, 0.15) is 0 Å². The van der Waals surface area contributed by atoms with Crippen molar-refractivity contribution in [3.63, 3.8) is 0 Å². The first-order chi connectivity index (χ1) is 7.07. The van der Waals surface area contributed by atoms with E-state index in [0.717, 1.165) is 11.5 Å². The molecule has 80 valence electrons. The van der Waals surface area contributed by atoms with Crippen LogP contribution in [0.2, 0.25) is 0 Å². The maximum Gasteiger partial charge on any atom is 0.156 e. The van der Waals surface area contributed by atoms with E-state index in [0.29, 0.717) is 6.54 Å². The molecule has 0 saturated carbocycles. The molecule has 5 heteroatoms. The van der Waals surface area contributed by atoms with Crippen molar-refractivity contribution in [3.8, 4) is 0 Å². The first-order valence-corrected chi connectivity index (χ1v) is 4.76. The Bertz CT molecular complexity index is 424. The summed E-state index contributed by atoms with van der Waals surface area (Å²) in [5.74, 6) is 0.790. The van der Waals surface area contributed by atoms with Gasteiger partial charge in [0.2, 0.25) is 0 Å². The zero-order valence-corrected chi connectivity index (χ0v) is 8.84. The summed E-state index contributed by atoms with van der Waals surface area (Å²) in [5.41, 5.74) is 6.59. The first-order valence-electron chi connectivity index (χ1n) is 4.76. The molecule has 0 spiro atoms. The lowest BCUT2D eigenvalue weighted by Crippen LogP contribution is -2.31. The fraction of sp³-hybridized carbons (Fsp3) is 0.400. The second kappa shape index (κ2) is 3.51. The highest BCUT2D eigenvalue weighted by Gasteiger charge is 2.19. The van der Waals surface area contributed by atoms with Gasteiger partial charge < -0.3 is 14.8 Å². The van der Waals surface area contributed by atoms with Gasteiger partial charge in [0.15, 0.2) is 5.76 Å². The molecule has 2 N–H and O–H groups in total. The molecule has 5 nitrogen and oxygen atoms in total. The van der Waals surface area contributed by atoms with Crippen LogP contribution in [0.3, 0.4) is 0 Å². The van der Waals surface area contributed by atoms with E-state index in [2.05, 4.69) is 10.1 Å². The van der Waals surface area contributed by atoms with Crippen molar-refractivity contribution < 1.29 is 4.52 Å². The normalized spacial score (nSPS) is 11.9. The Morgan fingerprint density at radius 2 is 2.33 bits per heavy atom. The molecule has 0 unspecified atom stereocenters. The van der Waals surface area contributed by atoms with E-state index >= 15 is 0 Å². The molecule has 15 heavy (non-hydrogen) atoms. The van der Waals surface area contributed by atoms with Crippen LogP contribution in [-0.2, 0) is 12.1 Å². The van der Waals surface area contributed by atoms with E-state index in [4.69, 9.17) is 10.3 Å². The minimum atomic E-state index is -0.406. The molecular formula is C10H14N4O. The number of aromatic nitrogens is 3. The van der Waals surface area contributed by atoms with Crippen molar-refractivity contribution in [2.24, 2.45) is 5.73 Å². The van der Waals surface area contributed by atoms with Gasteiger partial charge in [-0.2, -0.15) is 0 Å². The summed E-state index contributed by atoms with van der Waals surface area (Å²) in [5, 5.41) is 3.65. The molecule has 2 aromatic rings. The molecule has 0 fully saturated rings. The standard InChI is InChI=1S/C10H14N4O/c1-10(2,11)9-5-12-7-14(9)6-8-3-4-13-15-8/h3-5,7H,6,11H2,1-2H3. The summed E-state index contributed by atoms with van der Waals surface area (Å²) in [6.07, 6.45) is 5.14. The van der Waals surface area contributed by atoms with E-state index in [1.54, 1.807) is 18.7 Å². The van der Waals surface area contributed by atoms with Gasteiger partial charge in [-0.15, -0.1) is 0 Å². The third kappa shape index (κ3) is 2.07. The molecule has 2 aromatic heterocycles. The number of nitrogens with zero attached hydrogens (tertiary/aromatic N) is 3. The summed E-state index contributed by atoms with van der Waals surface area (Å²) in [6, 6.07) is 1.83. The van der Waals surface area contributed by atoms with Gasteiger partial charge in [-0.25, -0.2) is 4.98 Å². The number of rotatable bonds is 3. The fourth-order valence-electron chi connectivity index (χ4n) is 1.47. The topological polar surface area (TPSA) is 69.9 Å². The highest BCUT2D eigenvalue weighted by Crippen LogP contribution is 2.17. The number of nitrogens with two attached hydrogens (primary N) is 1. The number of hydrogen-bond acceptors (Lipinski definition) is 4. The largest absolute Gasteiger partial charge is 0.359 e. The molecule has 0 atom stereocenters. The highest BCUT2D eigenvalue weighted by atomic mass is 16.5. The van der Waals surface area contributed by atoms with Crippen molar-refractivity contribution in [2.75, 3.05) is 0 Å². The maximum atomic E-state index is 6.02. The van der Waals surface area contributed by atoms with Gasteiger partial charge in [-0.05, 0) is 13.8 Å². The summed E-state index contributed by atoms with van der Waals surface area (Å²) < 4.78 is 6.99. The van der Waals surface area contributed by atoms with E-state index in [9.17, 15) is 0 Å². The van der Waals surface area contributed by atoms with Crippen molar-refractivity contribution in [3.05, 3.63) is 36.2 Å². The van der Waals surface area contributed by atoms with Gasteiger partial charge in [0, 0.05) is 12.3 Å². The fourth-order valence-corrected chi connectivity index (χ4v) is 1.47. The van der Waals surface area contributed by atoms with Gasteiger partial charge >= 0.3 is 0 Å². The quantitative estimate of drug-likeness (QED) is 0.816. The van der Waals surface area contributed by atoms with Crippen LogP contribution in [0.4, 0.5) is 0 Å². The zero-order valence-electron chi connectivity index (χ0n) is 8.84. The lowest BCUT2D eigenvalue weighted by molar-refractivity contribution is 0.371. The smallest absolute Gasteiger partial charge is 0.156 e. The van der Waals surface area contributed by atoms with Crippen molar-refractivity contribution in [1.82, 2.24) is 14.7 Å². The van der Waals surface area contributed by atoms with Crippen LogP contribution < -0.4 is 5.73 Å². The second-order valence-corrected chi connectivity index (χ2v) is 4.11. The monoisotopic (exact) mass is 206 g/mol. The van der Waals surface area contributed by atoms with Crippen LogP contribution in [-0.4, -0.2) is 14.7 Å². The Morgan fingerprint density at radius 3 is 2.93 bits per heavy atom. The molecule has 2 heterocycles. The van der Waals surface area contributed by atoms with E-state index in [-0.39, 0.29) is 0 Å². The number of hydrogen-bond donors (Lipinski definition) is 1. The molecule has 0 radical (unpaired) electrons. The SMILES string of the molecule is CC(C)(N)c1cncn1Cc1ccno1. The molecule has 0 aliphatic heterocycles. The summed E-state index contributed by atoms with van der Waals surface area (Å²) in [4.78, 5) is 4.09. The molecule has 0 amide bonds. The van der Waals surface area contributed by atoms with Gasteiger partial charge in [0.25, 0.3) is 0 Å². The Kier molecular flexibility index (Phi) is 2.32. The molecule has 2 rings (SSSR count). The van der Waals surface area contributed by atoms with E-state index in [1.165, 1.54) is 0 Å². The number of imidazole rings is 1. The summed E-state index contributed by atoms with van der Waals surface area (Å²) in [7, 11) is 0. The van der Waals surface area contributed by atoms with Crippen LogP contribution in [0.25, 0.3) is 0 Å². The van der Waals surface area contributed by atoms with Crippen LogP contribution in [0.1, 0.15) is 25.3 Å². The molecule has 0 aliphatic carbocycles. The van der Waals surface area contributed by atoms with Gasteiger partial charge in [0.05, 0.1) is 30.3 Å². The average molecular weight is 206 g/mol. The van der Waals surface area contributed by atoms with Crippen LogP contribution >= 0.6 is 0 Å². The predicted octanol–water partition coefficient (Wildman–Crippen LogP) is 1.11. The second-order valence-electron chi connectivity index (χ2n) is 4.11. The van der Waals surface area contributed by atoms with Crippen LogP contribution in [0.15, 0.2) is 29.3 Å². The molecule has 0 saturated heterocycles. The Hall–Kier alpha value is -1.62. The van der Waals surface area contributed by atoms with Crippen LogP contribution in [0, 0.1) is 0 Å². The third-order valence-corrected chi connectivity index (χ3v) is 2.19. The highest BCUT2D eigenvalue weighted by molar-refractivity contribution is 5.11. The van der Waals surface area contributed by atoms with Crippen LogP contribution in [0.5, 0.6) is 0 Å². The van der Waals surface area contributed by atoms with Gasteiger partial charge in [-0.3, -0.25) is 0 Å². The third-order valence-electron chi connectivity index (χ3n) is 2.19. The first kappa shape index (κ1) is 9.92. The average Bonchev–Trinajstić information content (AvgIpc) is 2.73. The molecule has 0 aromatic carbocycles. The van der Waals surface area contributed by atoms with E-state index in [1.807, 2.05) is 24.5 Å². The summed E-state index contributed by atoms with van der Waals surface area (Å²) >= 11 is 0. The minimum Gasteiger partial charge on any atom is -0.359 e. The van der Waals surface area contributed by atoms with E-state index < -0.39 is 5.54 Å². The molecule has 0 aliphatic rings. The molecular weight excluding hydrogens is 192 g/mol. The Labute approximate surface area is 87.9 Å². The lowest BCUT2D eigenvalue weighted by Gasteiger charge is -2.19. The minimum absolute atomic E-state index is 0.406. The predicted molar refractivity (Wildman–Crippen MR) is 55.0 cm³/mol. The lowest BCUT2D eigenvalue weighted by atomic mass is 10.0. The maximum absolute atomic E-state index is 6.02. The Morgan fingerprint density at radius 1 is 1.53 bits per heavy atom.